The molecule has 1 aliphatic heterocycles. The zero-order chi connectivity index (χ0) is 14.6. The van der Waals surface area contributed by atoms with E-state index in [-0.39, 0.29) is 18.1 Å². The average Bonchev–Trinajstić information content (AvgIpc) is 2.43. The molecule has 1 heterocycles. The monoisotopic (exact) mass is 278 g/mol. The Bertz CT molecular complexity index is 455. The first-order valence-corrected chi connectivity index (χ1v) is 6.74. The number of nitrogens with one attached hydrogen (secondary N) is 1. The Morgan fingerprint density at radius 2 is 2.00 bits per heavy atom. The maximum atomic E-state index is 12.0. The van der Waals surface area contributed by atoms with Crippen molar-refractivity contribution in [2.45, 2.75) is 19.1 Å². The molecule has 1 saturated heterocycles. The molecule has 5 nitrogen and oxygen atoms in total. The Kier molecular flexibility index (Phi) is 4.62. The standard InChI is InChI=1S/C15H22N2O3/c1-15(10-16-11-15)20-9-14(18)17(2)8-12-4-6-13(19-3)7-5-12/h4-7,16H,8-11H2,1-3H3. The van der Waals surface area contributed by atoms with Crippen molar-refractivity contribution in [2.75, 3.05) is 33.9 Å². The van der Waals surface area contributed by atoms with E-state index < -0.39 is 0 Å². The number of nitrogens with zero attached hydrogens (tertiary/aromatic N) is 1. The molecule has 0 aromatic heterocycles. The lowest BCUT2D eigenvalue weighted by Gasteiger charge is -2.39. The number of likely N-dealkylation sites (N-methyl/N-ethyl adjacent to an activating group) is 1. The van der Waals surface area contributed by atoms with Crippen LogP contribution in [0.25, 0.3) is 0 Å². The SMILES string of the molecule is COc1ccc(CN(C)C(=O)COC2(C)CNC2)cc1. The van der Waals surface area contributed by atoms with Crippen LogP contribution in [0, 0.1) is 0 Å². The maximum absolute atomic E-state index is 12.0. The summed E-state index contributed by atoms with van der Waals surface area (Å²) in [4.78, 5) is 13.7. The van der Waals surface area contributed by atoms with E-state index in [0.717, 1.165) is 24.4 Å². The van der Waals surface area contributed by atoms with E-state index in [4.69, 9.17) is 9.47 Å². The normalized spacial score (nSPS) is 16.4. The second-order valence-electron chi connectivity index (χ2n) is 5.44. The molecule has 2 rings (SSSR count). The lowest BCUT2D eigenvalue weighted by molar-refractivity contribution is -0.145. The topological polar surface area (TPSA) is 50.8 Å². The maximum Gasteiger partial charge on any atom is 0.248 e. The summed E-state index contributed by atoms with van der Waals surface area (Å²) in [5.74, 6) is 0.811. The van der Waals surface area contributed by atoms with Gasteiger partial charge in [-0.15, -0.1) is 0 Å². The highest BCUT2D eigenvalue weighted by Gasteiger charge is 2.33. The second kappa shape index (κ2) is 6.24. The fraction of sp³-hybridized carbons (Fsp3) is 0.533. The lowest BCUT2D eigenvalue weighted by Crippen LogP contribution is -2.59. The molecule has 20 heavy (non-hydrogen) atoms. The van der Waals surface area contributed by atoms with Crippen LogP contribution in [0.15, 0.2) is 24.3 Å². The quantitative estimate of drug-likeness (QED) is 0.844. The van der Waals surface area contributed by atoms with Gasteiger partial charge in [0.05, 0.1) is 12.7 Å². The molecule has 0 unspecified atom stereocenters. The van der Waals surface area contributed by atoms with Crippen molar-refractivity contribution in [1.29, 1.82) is 0 Å². The Morgan fingerprint density at radius 3 is 2.50 bits per heavy atom. The van der Waals surface area contributed by atoms with Crippen LogP contribution in [0.3, 0.4) is 0 Å². The molecule has 0 spiro atoms. The van der Waals surface area contributed by atoms with E-state index in [1.165, 1.54) is 0 Å². The van der Waals surface area contributed by atoms with Crippen molar-refractivity contribution < 1.29 is 14.3 Å². The zero-order valence-corrected chi connectivity index (χ0v) is 12.3. The molecule has 5 heteroatoms. The second-order valence-corrected chi connectivity index (χ2v) is 5.44. The number of hydrogen-bond donors (Lipinski definition) is 1. The van der Waals surface area contributed by atoms with Gasteiger partial charge in [-0.25, -0.2) is 0 Å². The Hall–Kier alpha value is -1.59. The van der Waals surface area contributed by atoms with Gasteiger partial charge >= 0.3 is 0 Å². The van der Waals surface area contributed by atoms with Gasteiger partial charge in [-0.05, 0) is 24.6 Å². The number of hydrogen-bond acceptors (Lipinski definition) is 4. The van der Waals surface area contributed by atoms with E-state index in [2.05, 4.69) is 5.32 Å². The minimum Gasteiger partial charge on any atom is -0.497 e. The van der Waals surface area contributed by atoms with E-state index in [9.17, 15) is 4.79 Å². The highest BCUT2D eigenvalue weighted by atomic mass is 16.5. The molecule has 0 saturated carbocycles. The minimum absolute atomic E-state index is 0.00561. The van der Waals surface area contributed by atoms with E-state index in [1.54, 1.807) is 19.1 Å². The van der Waals surface area contributed by atoms with Crippen LogP contribution in [0.1, 0.15) is 12.5 Å². The number of carbonyl (C=O) groups excluding carboxylic acids is 1. The molecule has 0 atom stereocenters. The molecule has 1 aliphatic rings. The Balaban J connectivity index is 1.80. The highest BCUT2D eigenvalue weighted by molar-refractivity contribution is 5.77. The summed E-state index contributed by atoms with van der Waals surface area (Å²) in [6, 6.07) is 7.71. The first kappa shape index (κ1) is 14.8. The van der Waals surface area contributed by atoms with E-state index >= 15 is 0 Å². The molecule has 1 fully saturated rings. The first-order valence-electron chi connectivity index (χ1n) is 6.74. The Morgan fingerprint density at radius 1 is 1.35 bits per heavy atom. The summed E-state index contributed by atoms with van der Waals surface area (Å²) >= 11 is 0. The van der Waals surface area contributed by atoms with Gasteiger partial charge in [0.1, 0.15) is 12.4 Å². The number of ether oxygens (including phenoxy) is 2. The van der Waals surface area contributed by atoms with Gasteiger partial charge in [-0.1, -0.05) is 12.1 Å². The van der Waals surface area contributed by atoms with Crippen LogP contribution < -0.4 is 10.1 Å². The Labute approximate surface area is 119 Å². The van der Waals surface area contributed by atoms with Crippen LogP contribution in [-0.4, -0.2) is 50.3 Å². The molecule has 1 amide bonds. The van der Waals surface area contributed by atoms with E-state index in [0.29, 0.717) is 6.54 Å². The predicted molar refractivity (Wildman–Crippen MR) is 76.7 cm³/mol. The van der Waals surface area contributed by atoms with Gasteiger partial charge in [0.2, 0.25) is 5.91 Å². The smallest absolute Gasteiger partial charge is 0.248 e. The van der Waals surface area contributed by atoms with E-state index in [1.807, 2.05) is 31.2 Å². The van der Waals surface area contributed by atoms with Crippen molar-refractivity contribution in [2.24, 2.45) is 0 Å². The summed E-state index contributed by atoms with van der Waals surface area (Å²) in [6.07, 6.45) is 0. The lowest BCUT2D eigenvalue weighted by atomic mass is 10.0. The van der Waals surface area contributed by atoms with Crippen LogP contribution >= 0.6 is 0 Å². The third kappa shape index (κ3) is 3.71. The molecule has 0 bridgehead atoms. The van der Waals surface area contributed by atoms with Gasteiger partial charge in [-0.2, -0.15) is 0 Å². The largest absolute Gasteiger partial charge is 0.497 e. The van der Waals surface area contributed by atoms with Crippen LogP contribution in [-0.2, 0) is 16.1 Å². The molecule has 1 aromatic rings. The number of amides is 1. The molecule has 0 aliphatic carbocycles. The number of carbonyl (C=O) groups is 1. The van der Waals surface area contributed by atoms with Gasteiger partial charge in [0, 0.05) is 26.7 Å². The van der Waals surface area contributed by atoms with Gasteiger partial charge in [0.25, 0.3) is 0 Å². The molecular formula is C15H22N2O3. The van der Waals surface area contributed by atoms with Crippen molar-refractivity contribution >= 4 is 5.91 Å². The summed E-state index contributed by atoms with van der Waals surface area (Å²) < 4.78 is 10.8. The fourth-order valence-corrected chi connectivity index (χ4v) is 2.02. The average molecular weight is 278 g/mol. The van der Waals surface area contributed by atoms with Gasteiger partial charge < -0.3 is 19.7 Å². The summed E-state index contributed by atoms with van der Waals surface area (Å²) in [5.41, 5.74) is 0.884. The number of methoxy groups -OCH3 is 1. The molecule has 1 aromatic carbocycles. The minimum atomic E-state index is -0.184. The molecular weight excluding hydrogens is 256 g/mol. The first-order chi connectivity index (χ1) is 9.52. The van der Waals surface area contributed by atoms with Crippen LogP contribution in [0.5, 0.6) is 5.75 Å². The molecule has 110 valence electrons. The summed E-state index contributed by atoms with van der Waals surface area (Å²) in [6.45, 7) is 4.33. The summed E-state index contributed by atoms with van der Waals surface area (Å²) in [7, 11) is 3.43. The summed E-state index contributed by atoms with van der Waals surface area (Å²) in [5, 5.41) is 3.14. The van der Waals surface area contributed by atoms with Crippen LogP contribution in [0.2, 0.25) is 0 Å². The zero-order valence-electron chi connectivity index (χ0n) is 12.3. The number of rotatable bonds is 6. The van der Waals surface area contributed by atoms with Crippen molar-refractivity contribution in [3.63, 3.8) is 0 Å². The molecule has 0 radical (unpaired) electrons. The van der Waals surface area contributed by atoms with Gasteiger partial charge in [-0.3, -0.25) is 4.79 Å². The van der Waals surface area contributed by atoms with Crippen molar-refractivity contribution in [3.05, 3.63) is 29.8 Å². The third-order valence-corrected chi connectivity index (χ3v) is 3.55. The van der Waals surface area contributed by atoms with Crippen LogP contribution in [0.4, 0.5) is 0 Å². The third-order valence-electron chi connectivity index (χ3n) is 3.55. The highest BCUT2D eigenvalue weighted by Crippen LogP contribution is 2.16. The van der Waals surface area contributed by atoms with Gasteiger partial charge in [0.15, 0.2) is 0 Å². The molecule has 1 N–H and O–H groups in total. The van der Waals surface area contributed by atoms with Crippen molar-refractivity contribution in [1.82, 2.24) is 10.2 Å². The predicted octanol–water partition coefficient (Wildman–Crippen LogP) is 1.03. The van der Waals surface area contributed by atoms with Crippen molar-refractivity contribution in [3.8, 4) is 5.75 Å². The number of benzene rings is 1. The fourth-order valence-electron chi connectivity index (χ4n) is 2.02.